The van der Waals surface area contributed by atoms with Crippen LogP contribution in [-0.2, 0) is 0 Å². The van der Waals surface area contributed by atoms with E-state index in [1.807, 2.05) is 0 Å². The van der Waals surface area contributed by atoms with Gasteiger partial charge in [-0.25, -0.2) is 0 Å². The van der Waals surface area contributed by atoms with Crippen molar-refractivity contribution in [2.75, 3.05) is 4.90 Å². The van der Waals surface area contributed by atoms with Crippen molar-refractivity contribution in [2.45, 2.75) is 0 Å². The molecule has 0 aliphatic heterocycles. The fraction of sp³-hybridized carbons (Fsp3) is 0. The molecule has 0 amide bonds. The molecular formula is C46H32N2. The van der Waals surface area contributed by atoms with Crippen molar-refractivity contribution in [1.29, 1.82) is 0 Å². The molecule has 0 aliphatic rings. The Balaban J connectivity index is 1.35. The van der Waals surface area contributed by atoms with Gasteiger partial charge < -0.3 is 9.47 Å². The topological polar surface area (TPSA) is 8.17 Å². The molecule has 0 atom stereocenters. The van der Waals surface area contributed by atoms with E-state index >= 15 is 0 Å². The second-order valence-corrected chi connectivity index (χ2v) is 12.2. The summed E-state index contributed by atoms with van der Waals surface area (Å²) in [6.45, 7) is 0. The minimum Gasteiger partial charge on any atom is -0.309 e. The first-order valence-electron chi connectivity index (χ1n) is 16.5. The van der Waals surface area contributed by atoms with Gasteiger partial charge in [-0.2, -0.15) is 0 Å². The van der Waals surface area contributed by atoms with Crippen LogP contribution in [0.1, 0.15) is 0 Å². The number of anilines is 3. The maximum atomic E-state index is 2.44. The van der Waals surface area contributed by atoms with Crippen LogP contribution in [0, 0.1) is 0 Å². The molecule has 1 heterocycles. The lowest BCUT2D eigenvalue weighted by atomic mass is 9.93. The second kappa shape index (κ2) is 11.8. The molecule has 0 spiro atoms. The third-order valence-electron chi connectivity index (χ3n) is 9.37. The molecule has 0 N–H and O–H groups in total. The Kier molecular flexibility index (Phi) is 6.84. The zero-order valence-corrected chi connectivity index (χ0v) is 26.4. The van der Waals surface area contributed by atoms with Gasteiger partial charge in [-0.05, 0) is 82.1 Å². The Morgan fingerprint density at radius 3 is 1.81 bits per heavy atom. The third-order valence-corrected chi connectivity index (χ3v) is 9.37. The summed E-state index contributed by atoms with van der Waals surface area (Å²) in [4.78, 5) is 2.44. The predicted molar refractivity (Wildman–Crippen MR) is 204 cm³/mol. The quantitative estimate of drug-likeness (QED) is 0.181. The van der Waals surface area contributed by atoms with Gasteiger partial charge in [0.15, 0.2) is 0 Å². The lowest BCUT2D eigenvalue weighted by Crippen LogP contribution is -2.11. The fourth-order valence-corrected chi connectivity index (χ4v) is 7.25. The number of hydrogen-bond donors (Lipinski definition) is 0. The van der Waals surface area contributed by atoms with Gasteiger partial charge in [0.1, 0.15) is 0 Å². The Morgan fingerprint density at radius 1 is 0.375 bits per heavy atom. The van der Waals surface area contributed by atoms with Crippen LogP contribution >= 0.6 is 0 Å². The Morgan fingerprint density at radius 2 is 1.00 bits per heavy atom. The molecule has 8 aromatic carbocycles. The first kappa shape index (κ1) is 27.9. The van der Waals surface area contributed by atoms with Gasteiger partial charge in [0, 0.05) is 27.7 Å². The largest absolute Gasteiger partial charge is 0.309 e. The van der Waals surface area contributed by atoms with E-state index in [0.29, 0.717) is 0 Å². The van der Waals surface area contributed by atoms with E-state index in [-0.39, 0.29) is 0 Å². The molecule has 0 radical (unpaired) electrons. The molecule has 2 heteroatoms. The van der Waals surface area contributed by atoms with Crippen LogP contribution in [0.15, 0.2) is 194 Å². The number of para-hydroxylation sites is 3. The molecule has 0 bridgehead atoms. The molecule has 0 aliphatic carbocycles. The summed E-state index contributed by atoms with van der Waals surface area (Å²) < 4.78 is 2.39. The maximum Gasteiger partial charge on any atom is 0.0562 e. The number of benzene rings is 8. The van der Waals surface area contributed by atoms with Crippen LogP contribution in [0.4, 0.5) is 17.1 Å². The fourth-order valence-electron chi connectivity index (χ4n) is 7.25. The highest BCUT2D eigenvalue weighted by Crippen LogP contribution is 2.47. The standard InChI is InChI=1S/C46H32N2/c1-4-16-34(17-5-1)41-32-35(39-26-14-19-33-18-10-11-24-38(33)39)30-31-43(41)48(37-22-8-3-9-23-37)45-29-15-28-44-46(45)40-25-12-13-27-42(40)47(44)36-20-6-2-7-21-36/h1-32H. The van der Waals surface area contributed by atoms with Crippen LogP contribution in [0.2, 0.25) is 0 Å². The summed E-state index contributed by atoms with van der Waals surface area (Å²) in [6, 6.07) is 69.9. The summed E-state index contributed by atoms with van der Waals surface area (Å²) in [5.41, 5.74) is 11.7. The van der Waals surface area contributed by atoms with Gasteiger partial charge in [-0.3, -0.25) is 0 Å². The second-order valence-electron chi connectivity index (χ2n) is 12.2. The van der Waals surface area contributed by atoms with Crippen molar-refractivity contribution in [3.8, 4) is 27.9 Å². The molecule has 9 aromatic rings. The number of fused-ring (bicyclic) bond motifs is 4. The van der Waals surface area contributed by atoms with Gasteiger partial charge in [-0.15, -0.1) is 0 Å². The number of rotatable bonds is 6. The molecule has 226 valence electrons. The van der Waals surface area contributed by atoms with Gasteiger partial charge in [0.2, 0.25) is 0 Å². The summed E-state index contributed by atoms with van der Waals surface area (Å²) in [7, 11) is 0. The third kappa shape index (κ3) is 4.66. The normalized spacial score (nSPS) is 11.3. The average Bonchev–Trinajstić information content (AvgIpc) is 3.51. The van der Waals surface area contributed by atoms with Crippen molar-refractivity contribution in [3.05, 3.63) is 194 Å². The summed E-state index contributed by atoms with van der Waals surface area (Å²) >= 11 is 0. The van der Waals surface area contributed by atoms with E-state index in [1.165, 1.54) is 54.8 Å². The predicted octanol–water partition coefficient (Wildman–Crippen LogP) is 12.7. The molecule has 2 nitrogen and oxygen atoms in total. The average molecular weight is 613 g/mol. The Labute approximate surface area is 280 Å². The zero-order chi connectivity index (χ0) is 31.9. The van der Waals surface area contributed by atoms with Crippen molar-refractivity contribution < 1.29 is 0 Å². The highest BCUT2D eigenvalue weighted by molar-refractivity contribution is 6.17. The molecule has 48 heavy (non-hydrogen) atoms. The van der Waals surface area contributed by atoms with Gasteiger partial charge in [-0.1, -0.05) is 140 Å². The molecular weight excluding hydrogens is 581 g/mol. The molecule has 0 fully saturated rings. The summed E-state index contributed by atoms with van der Waals surface area (Å²) in [5.74, 6) is 0. The van der Waals surface area contributed by atoms with E-state index in [9.17, 15) is 0 Å². The zero-order valence-electron chi connectivity index (χ0n) is 26.4. The van der Waals surface area contributed by atoms with Crippen molar-refractivity contribution >= 4 is 49.6 Å². The van der Waals surface area contributed by atoms with Crippen molar-refractivity contribution in [3.63, 3.8) is 0 Å². The van der Waals surface area contributed by atoms with Crippen LogP contribution in [0.3, 0.4) is 0 Å². The number of aromatic nitrogens is 1. The summed E-state index contributed by atoms with van der Waals surface area (Å²) in [6.07, 6.45) is 0. The highest BCUT2D eigenvalue weighted by Gasteiger charge is 2.23. The molecule has 9 rings (SSSR count). The van der Waals surface area contributed by atoms with Crippen LogP contribution in [0.25, 0.3) is 60.5 Å². The molecule has 0 saturated heterocycles. The smallest absolute Gasteiger partial charge is 0.0562 e. The first-order chi connectivity index (χ1) is 23.8. The molecule has 0 unspecified atom stereocenters. The van der Waals surface area contributed by atoms with Gasteiger partial charge >= 0.3 is 0 Å². The lowest BCUT2D eigenvalue weighted by Gasteiger charge is -2.29. The molecule has 1 aromatic heterocycles. The lowest BCUT2D eigenvalue weighted by molar-refractivity contribution is 1.18. The minimum absolute atomic E-state index is 1.11. The van der Waals surface area contributed by atoms with Crippen molar-refractivity contribution in [2.24, 2.45) is 0 Å². The van der Waals surface area contributed by atoms with Crippen LogP contribution < -0.4 is 4.90 Å². The maximum absolute atomic E-state index is 2.44. The van der Waals surface area contributed by atoms with Crippen molar-refractivity contribution in [1.82, 2.24) is 4.57 Å². The van der Waals surface area contributed by atoms with Gasteiger partial charge in [0.05, 0.1) is 22.4 Å². The highest BCUT2D eigenvalue weighted by atomic mass is 15.1. The SMILES string of the molecule is c1ccc(-c2cc(-c3cccc4ccccc34)ccc2N(c2ccccc2)c2cccc3c2c2ccccc2n3-c2ccccc2)cc1. The Hall–Kier alpha value is -6.38. The van der Waals surface area contributed by atoms with E-state index in [1.54, 1.807) is 0 Å². The molecule has 0 saturated carbocycles. The van der Waals surface area contributed by atoms with E-state index < -0.39 is 0 Å². The monoisotopic (exact) mass is 612 g/mol. The van der Waals surface area contributed by atoms with E-state index in [2.05, 4.69) is 204 Å². The van der Waals surface area contributed by atoms with Crippen LogP contribution in [0.5, 0.6) is 0 Å². The number of hydrogen-bond acceptors (Lipinski definition) is 1. The first-order valence-corrected chi connectivity index (χ1v) is 16.5. The van der Waals surface area contributed by atoms with Gasteiger partial charge in [0.25, 0.3) is 0 Å². The van der Waals surface area contributed by atoms with E-state index in [4.69, 9.17) is 0 Å². The Bertz CT molecular complexity index is 2540. The summed E-state index contributed by atoms with van der Waals surface area (Å²) in [5, 5.41) is 4.94. The van der Waals surface area contributed by atoms with E-state index in [0.717, 1.165) is 22.7 Å². The minimum atomic E-state index is 1.11. The number of nitrogens with zero attached hydrogens (tertiary/aromatic N) is 2. The van der Waals surface area contributed by atoms with Crippen LogP contribution in [-0.4, -0.2) is 4.57 Å².